The van der Waals surface area contributed by atoms with Crippen LogP contribution < -0.4 is 10.1 Å². The number of nitrogens with one attached hydrogen (secondary N) is 1. The predicted octanol–water partition coefficient (Wildman–Crippen LogP) is 4.25. The molecule has 0 unspecified atom stereocenters. The minimum absolute atomic E-state index is 0.00720. The molecule has 6 heteroatoms. The first-order chi connectivity index (χ1) is 12.5. The van der Waals surface area contributed by atoms with E-state index in [2.05, 4.69) is 10.1 Å². The summed E-state index contributed by atoms with van der Waals surface area (Å²) in [6, 6.07) is 6.16. The zero-order valence-corrected chi connectivity index (χ0v) is 14.9. The second-order valence-electron chi connectivity index (χ2n) is 7.28. The van der Waals surface area contributed by atoms with Gasteiger partial charge in [-0.15, -0.1) is 0 Å². The molecule has 2 bridgehead atoms. The third-order valence-electron chi connectivity index (χ3n) is 5.65. The van der Waals surface area contributed by atoms with E-state index in [0.717, 1.165) is 19.3 Å². The van der Waals surface area contributed by atoms with Crippen molar-refractivity contribution in [1.82, 2.24) is 5.32 Å². The van der Waals surface area contributed by atoms with Gasteiger partial charge in [0.05, 0.1) is 6.04 Å². The van der Waals surface area contributed by atoms with Crippen LogP contribution in [0, 0.1) is 17.8 Å². The maximum Gasteiger partial charge on any atom is 0.387 e. The highest BCUT2D eigenvalue weighted by atomic mass is 19.3. The highest BCUT2D eigenvalue weighted by molar-refractivity contribution is 5.88. The maximum atomic E-state index is 12.8. The standard InChI is InChI=1S/C20H25F2NO3/c1-2-16(15-8-3-4-9-17(15)26-20(21)22)23-19(25)14-10-12-6-5-7-13(11-14)18(12)24/h3-4,8-9,12-14,16,20H,2,5-7,10-11H2,1H3,(H,23,25)/t12-,13-,16+/m0/s1. The van der Waals surface area contributed by atoms with Gasteiger partial charge in [-0.25, -0.2) is 0 Å². The van der Waals surface area contributed by atoms with Crippen LogP contribution in [0.25, 0.3) is 0 Å². The molecule has 0 heterocycles. The molecule has 26 heavy (non-hydrogen) atoms. The van der Waals surface area contributed by atoms with Gasteiger partial charge in [0, 0.05) is 23.3 Å². The van der Waals surface area contributed by atoms with E-state index in [1.807, 2.05) is 6.92 Å². The Hall–Kier alpha value is -1.98. The van der Waals surface area contributed by atoms with Crippen molar-refractivity contribution in [3.05, 3.63) is 29.8 Å². The van der Waals surface area contributed by atoms with Gasteiger partial charge < -0.3 is 10.1 Å². The fraction of sp³-hybridized carbons (Fsp3) is 0.600. The first kappa shape index (κ1) is 18.8. The number of alkyl halides is 2. The molecular formula is C20H25F2NO3. The Morgan fingerprint density at radius 3 is 2.50 bits per heavy atom. The lowest BCUT2D eigenvalue weighted by molar-refractivity contribution is -0.138. The van der Waals surface area contributed by atoms with Crippen molar-refractivity contribution < 1.29 is 23.1 Å². The van der Waals surface area contributed by atoms with Gasteiger partial charge in [0.15, 0.2) is 0 Å². The number of fused-ring (bicyclic) bond motifs is 2. The van der Waals surface area contributed by atoms with Crippen molar-refractivity contribution in [1.29, 1.82) is 0 Å². The summed E-state index contributed by atoms with van der Waals surface area (Å²) in [6.45, 7) is -1.02. The Balaban J connectivity index is 1.71. The van der Waals surface area contributed by atoms with Gasteiger partial charge in [0.1, 0.15) is 11.5 Å². The Labute approximate surface area is 152 Å². The van der Waals surface area contributed by atoms with Crippen LogP contribution >= 0.6 is 0 Å². The van der Waals surface area contributed by atoms with E-state index >= 15 is 0 Å². The number of ketones is 1. The topological polar surface area (TPSA) is 55.4 Å². The summed E-state index contributed by atoms with van der Waals surface area (Å²) in [6.07, 6.45) is 4.58. The number of amides is 1. The fourth-order valence-electron chi connectivity index (χ4n) is 4.35. The lowest BCUT2D eigenvalue weighted by atomic mass is 9.67. The molecule has 2 fully saturated rings. The largest absolute Gasteiger partial charge is 0.434 e. The van der Waals surface area contributed by atoms with Gasteiger partial charge in [-0.05, 0) is 38.2 Å². The number of carbonyl (C=O) groups is 2. The molecule has 2 aliphatic carbocycles. The van der Waals surface area contributed by atoms with E-state index in [9.17, 15) is 18.4 Å². The summed E-state index contributed by atoms with van der Waals surface area (Å²) >= 11 is 0. The molecule has 1 aromatic carbocycles. The normalized spacial score (nSPS) is 26.5. The molecule has 0 aliphatic heterocycles. The number of carbonyl (C=O) groups excluding carboxylic acids is 2. The lowest BCUT2D eigenvalue weighted by Crippen LogP contribution is -2.43. The summed E-state index contributed by atoms with van der Waals surface area (Å²) in [5, 5.41) is 3.00. The third-order valence-corrected chi connectivity index (χ3v) is 5.65. The fourth-order valence-corrected chi connectivity index (χ4v) is 4.35. The van der Waals surface area contributed by atoms with E-state index in [4.69, 9.17) is 0 Å². The van der Waals surface area contributed by atoms with Crippen molar-refractivity contribution >= 4 is 11.7 Å². The molecule has 142 valence electrons. The monoisotopic (exact) mass is 365 g/mol. The first-order valence-electron chi connectivity index (χ1n) is 9.37. The van der Waals surface area contributed by atoms with Crippen LogP contribution in [-0.4, -0.2) is 18.3 Å². The molecule has 4 nitrogen and oxygen atoms in total. The van der Waals surface area contributed by atoms with Gasteiger partial charge in [-0.2, -0.15) is 8.78 Å². The average Bonchev–Trinajstić information content (AvgIpc) is 2.59. The Bertz CT molecular complexity index is 648. The number of halogens is 2. The molecule has 0 radical (unpaired) electrons. The SMILES string of the molecule is CC[C@@H](NC(=O)C1C[C@@H]2CCC[C@@H](C1)C2=O)c1ccccc1OC(F)F. The van der Waals surface area contributed by atoms with Crippen molar-refractivity contribution in [2.24, 2.45) is 17.8 Å². The number of hydrogen-bond acceptors (Lipinski definition) is 3. The van der Waals surface area contributed by atoms with E-state index in [-0.39, 0.29) is 29.4 Å². The summed E-state index contributed by atoms with van der Waals surface area (Å²) < 4.78 is 29.9. The second-order valence-corrected chi connectivity index (χ2v) is 7.28. The zero-order valence-electron chi connectivity index (χ0n) is 14.9. The molecule has 1 N–H and O–H groups in total. The van der Waals surface area contributed by atoms with E-state index in [1.165, 1.54) is 6.07 Å². The van der Waals surface area contributed by atoms with Crippen molar-refractivity contribution in [2.75, 3.05) is 0 Å². The van der Waals surface area contributed by atoms with Crippen LogP contribution in [-0.2, 0) is 9.59 Å². The molecule has 0 aromatic heterocycles. The smallest absolute Gasteiger partial charge is 0.387 e. The van der Waals surface area contributed by atoms with Gasteiger partial charge in [0.25, 0.3) is 0 Å². The number of rotatable bonds is 6. The molecule has 1 amide bonds. The molecule has 0 saturated heterocycles. The summed E-state index contributed by atoms with van der Waals surface area (Å²) in [4.78, 5) is 25.0. The molecule has 3 atom stereocenters. The van der Waals surface area contributed by atoms with E-state index < -0.39 is 12.7 Å². The van der Waals surface area contributed by atoms with Crippen LogP contribution in [0.2, 0.25) is 0 Å². The minimum Gasteiger partial charge on any atom is -0.434 e. The predicted molar refractivity (Wildman–Crippen MR) is 92.8 cm³/mol. The van der Waals surface area contributed by atoms with Gasteiger partial charge >= 0.3 is 6.61 Å². The van der Waals surface area contributed by atoms with Crippen LogP contribution in [0.4, 0.5) is 8.78 Å². The Morgan fingerprint density at radius 1 is 1.23 bits per heavy atom. The quantitative estimate of drug-likeness (QED) is 0.820. The van der Waals surface area contributed by atoms with Crippen LogP contribution in [0.1, 0.15) is 57.1 Å². The van der Waals surface area contributed by atoms with Crippen LogP contribution in [0.3, 0.4) is 0 Å². The zero-order chi connectivity index (χ0) is 18.7. The van der Waals surface area contributed by atoms with Gasteiger partial charge in [-0.3, -0.25) is 9.59 Å². The van der Waals surface area contributed by atoms with E-state index in [1.54, 1.807) is 18.2 Å². The van der Waals surface area contributed by atoms with Crippen molar-refractivity contribution in [2.45, 2.75) is 58.1 Å². The lowest BCUT2D eigenvalue weighted by Gasteiger charge is -2.37. The number of Topliss-reactive ketones (excluding diaryl/α,β-unsaturated/α-hetero) is 1. The molecule has 1 aromatic rings. The molecule has 2 aliphatic rings. The summed E-state index contributed by atoms with van der Waals surface area (Å²) in [5.41, 5.74) is 0.552. The molecule has 2 saturated carbocycles. The average molecular weight is 365 g/mol. The number of benzene rings is 1. The molecule has 3 rings (SSSR count). The summed E-state index contributed by atoms with van der Waals surface area (Å²) in [5.74, 6) is 0.155. The third kappa shape index (κ3) is 4.05. The van der Waals surface area contributed by atoms with Crippen LogP contribution in [0.15, 0.2) is 24.3 Å². The molecule has 0 spiro atoms. The first-order valence-corrected chi connectivity index (χ1v) is 9.37. The minimum atomic E-state index is -2.91. The van der Waals surface area contributed by atoms with E-state index in [0.29, 0.717) is 30.6 Å². The van der Waals surface area contributed by atoms with Gasteiger partial charge in [-0.1, -0.05) is 31.5 Å². The highest BCUT2D eigenvalue weighted by Gasteiger charge is 2.41. The maximum absolute atomic E-state index is 12.8. The molecular weight excluding hydrogens is 340 g/mol. The highest BCUT2D eigenvalue weighted by Crippen LogP contribution is 2.40. The second kappa shape index (κ2) is 8.14. The number of hydrogen-bond donors (Lipinski definition) is 1. The summed E-state index contributed by atoms with van der Waals surface area (Å²) in [7, 11) is 0. The Morgan fingerprint density at radius 2 is 1.88 bits per heavy atom. The van der Waals surface area contributed by atoms with Crippen LogP contribution in [0.5, 0.6) is 5.75 Å². The van der Waals surface area contributed by atoms with Gasteiger partial charge in [0.2, 0.25) is 5.91 Å². The Kier molecular flexibility index (Phi) is 5.89. The van der Waals surface area contributed by atoms with Crippen molar-refractivity contribution in [3.8, 4) is 5.75 Å². The van der Waals surface area contributed by atoms with Crippen molar-refractivity contribution in [3.63, 3.8) is 0 Å². The number of ether oxygens (including phenoxy) is 1. The number of para-hydroxylation sites is 1.